The van der Waals surface area contributed by atoms with Gasteiger partial charge < -0.3 is 24.8 Å². The fraction of sp³-hybridized carbons (Fsp3) is 0.300. The lowest BCUT2D eigenvalue weighted by Crippen LogP contribution is -2.41. The van der Waals surface area contributed by atoms with Crippen molar-refractivity contribution in [3.8, 4) is 17.2 Å². The van der Waals surface area contributed by atoms with Crippen LogP contribution in [0.2, 0.25) is 0 Å². The third-order valence-electron chi connectivity index (χ3n) is 4.93. The van der Waals surface area contributed by atoms with Crippen molar-refractivity contribution in [2.75, 3.05) is 25.2 Å². The molecular formula is C20H20N2O5. The first kappa shape index (κ1) is 17.2. The first-order valence-electron chi connectivity index (χ1n) is 8.89. The van der Waals surface area contributed by atoms with E-state index in [1.54, 1.807) is 41.3 Å². The van der Waals surface area contributed by atoms with Crippen molar-refractivity contribution < 1.29 is 24.2 Å². The summed E-state index contributed by atoms with van der Waals surface area (Å²) >= 11 is 0. The van der Waals surface area contributed by atoms with Crippen LogP contribution in [0.15, 0.2) is 42.5 Å². The van der Waals surface area contributed by atoms with Crippen molar-refractivity contribution in [3.05, 3.63) is 48.0 Å². The van der Waals surface area contributed by atoms with Gasteiger partial charge in [-0.3, -0.25) is 9.59 Å². The van der Waals surface area contributed by atoms with E-state index >= 15 is 0 Å². The maximum atomic E-state index is 12.7. The van der Waals surface area contributed by atoms with E-state index in [4.69, 9.17) is 9.47 Å². The Hall–Kier alpha value is -3.22. The lowest BCUT2D eigenvalue weighted by atomic mass is 9.95. The van der Waals surface area contributed by atoms with Crippen LogP contribution < -0.4 is 14.8 Å². The number of fused-ring (bicyclic) bond motifs is 1. The molecule has 2 amide bonds. The summed E-state index contributed by atoms with van der Waals surface area (Å²) in [5.74, 6) is 0.870. The van der Waals surface area contributed by atoms with E-state index in [9.17, 15) is 14.7 Å². The van der Waals surface area contributed by atoms with Crippen LogP contribution >= 0.6 is 0 Å². The Balaban J connectivity index is 1.35. The maximum absolute atomic E-state index is 12.7. The molecule has 2 aromatic carbocycles. The van der Waals surface area contributed by atoms with Gasteiger partial charge >= 0.3 is 0 Å². The highest BCUT2D eigenvalue weighted by atomic mass is 16.7. The molecule has 0 spiro atoms. The van der Waals surface area contributed by atoms with Gasteiger partial charge in [0.2, 0.25) is 12.7 Å². The predicted octanol–water partition coefficient (Wildman–Crippen LogP) is 2.61. The molecule has 7 heteroatoms. The Morgan fingerprint density at radius 1 is 1.04 bits per heavy atom. The zero-order chi connectivity index (χ0) is 18.8. The second-order valence-electron chi connectivity index (χ2n) is 6.64. The van der Waals surface area contributed by atoms with Gasteiger partial charge in [-0.15, -0.1) is 0 Å². The van der Waals surface area contributed by atoms with Crippen LogP contribution in [0.4, 0.5) is 5.69 Å². The topological polar surface area (TPSA) is 88.1 Å². The first-order chi connectivity index (χ1) is 13.1. The van der Waals surface area contributed by atoms with Crippen LogP contribution in [0.5, 0.6) is 17.2 Å². The number of nitrogens with one attached hydrogen (secondary N) is 1. The molecule has 4 rings (SSSR count). The van der Waals surface area contributed by atoms with Gasteiger partial charge in [-0.25, -0.2) is 0 Å². The van der Waals surface area contributed by atoms with Crippen LogP contribution in [0.25, 0.3) is 0 Å². The van der Waals surface area contributed by atoms with Gasteiger partial charge in [-0.1, -0.05) is 12.1 Å². The van der Waals surface area contributed by atoms with Gasteiger partial charge in [0, 0.05) is 24.6 Å². The molecule has 0 aliphatic carbocycles. The number of carbonyl (C=O) groups excluding carboxylic acids is 2. The first-order valence-corrected chi connectivity index (χ1v) is 8.89. The number of likely N-dealkylation sites (tertiary alicyclic amines) is 1. The Morgan fingerprint density at radius 2 is 1.78 bits per heavy atom. The average molecular weight is 368 g/mol. The minimum absolute atomic E-state index is 0.0428. The molecule has 1 fully saturated rings. The van der Waals surface area contributed by atoms with Gasteiger partial charge in [-0.05, 0) is 43.2 Å². The molecular weight excluding hydrogens is 348 g/mol. The van der Waals surface area contributed by atoms with Gasteiger partial charge in [0.1, 0.15) is 5.75 Å². The zero-order valence-electron chi connectivity index (χ0n) is 14.7. The summed E-state index contributed by atoms with van der Waals surface area (Å²) in [6, 6.07) is 11.8. The molecule has 0 radical (unpaired) electrons. The van der Waals surface area contributed by atoms with E-state index in [-0.39, 0.29) is 30.3 Å². The quantitative estimate of drug-likeness (QED) is 0.813. The number of hydrogen-bond acceptors (Lipinski definition) is 5. The number of phenolic OH excluding ortho intramolecular Hbond substituents is 1. The number of phenols is 1. The second kappa shape index (κ2) is 7.19. The SMILES string of the molecule is O=C(Nc1ccccc1O)C1CCN(C(=O)c2ccc3c(c2)OCO3)CC1. The van der Waals surface area contributed by atoms with Gasteiger partial charge in [0.15, 0.2) is 11.5 Å². The van der Waals surface area contributed by atoms with E-state index in [0.717, 1.165) is 0 Å². The lowest BCUT2D eigenvalue weighted by molar-refractivity contribution is -0.121. The lowest BCUT2D eigenvalue weighted by Gasteiger charge is -2.31. The highest BCUT2D eigenvalue weighted by Crippen LogP contribution is 2.33. The Kier molecular flexibility index (Phi) is 4.58. The van der Waals surface area contributed by atoms with E-state index in [1.165, 1.54) is 6.07 Å². The van der Waals surface area contributed by atoms with Gasteiger partial charge in [0.05, 0.1) is 5.69 Å². The number of benzene rings is 2. The van der Waals surface area contributed by atoms with Crippen molar-refractivity contribution in [1.29, 1.82) is 0 Å². The monoisotopic (exact) mass is 368 g/mol. The van der Waals surface area contributed by atoms with Crippen LogP contribution in [0.3, 0.4) is 0 Å². The average Bonchev–Trinajstić information content (AvgIpc) is 3.17. The third-order valence-corrected chi connectivity index (χ3v) is 4.93. The summed E-state index contributed by atoms with van der Waals surface area (Å²) in [6.07, 6.45) is 1.16. The maximum Gasteiger partial charge on any atom is 0.253 e. The predicted molar refractivity (Wildman–Crippen MR) is 97.9 cm³/mol. The second-order valence-corrected chi connectivity index (χ2v) is 6.64. The standard InChI is InChI=1S/C20H20N2O5/c23-16-4-2-1-3-15(16)21-19(24)13-7-9-22(10-8-13)20(25)14-5-6-17-18(11-14)27-12-26-17/h1-6,11,13,23H,7-10,12H2,(H,21,24). The highest BCUT2D eigenvalue weighted by molar-refractivity contribution is 5.96. The molecule has 0 bridgehead atoms. The molecule has 7 nitrogen and oxygen atoms in total. The number of nitrogens with zero attached hydrogens (tertiary/aromatic N) is 1. The molecule has 2 N–H and O–H groups in total. The molecule has 140 valence electrons. The van der Waals surface area contributed by atoms with Gasteiger partial charge in [0.25, 0.3) is 5.91 Å². The van der Waals surface area contributed by atoms with E-state index < -0.39 is 0 Å². The summed E-state index contributed by atoms with van der Waals surface area (Å²) in [5.41, 5.74) is 0.956. The number of ether oxygens (including phenoxy) is 2. The Labute approximate surface area is 156 Å². The van der Waals surface area contributed by atoms with Crippen molar-refractivity contribution in [1.82, 2.24) is 4.90 Å². The third kappa shape index (κ3) is 3.53. The summed E-state index contributed by atoms with van der Waals surface area (Å²) in [5, 5.41) is 12.5. The van der Waals surface area contributed by atoms with Crippen LogP contribution in [-0.4, -0.2) is 41.7 Å². The van der Waals surface area contributed by atoms with E-state index in [1.807, 2.05) is 0 Å². The number of hydrogen-bond donors (Lipinski definition) is 2. The van der Waals surface area contributed by atoms with E-state index in [2.05, 4.69) is 5.32 Å². The molecule has 0 unspecified atom stereocenters. The van der Waals surface area contributed by atoms with Crippen molar-refractivity contribution in [2.24, 2.45) is 5.92 Å². The van der Waals surface area contributed by atoms with Crippen LogP contribution in [-0.2, 0) is 4.79 Å². The highest BCUT2D eigenvalue weighted by Gasteiger charge is 2.29. The number of rotatable bonds is 3. The number of aromatic hydroxyl groups is 1. The van der Waals surface area contributed by atoms with E-state index in [0.29, 0.717) is 48.7 Å². The molecule has 2 aromatic rings. The van der Waals surface area contributed by atoms with Crippen LogP contribution in [0, 0.1) is 5.92 Å². The van der Waals surface area contributed by atoms with Crippen molar-refractivity contribution in [2.45, 2.75) is 12.8 Å². The minimum Gasteiger partial charge on any atom is -0.506 e. The summed E-state index contributed by atoms with van der Waals surface area (Å²) < 4.78 is 10.6. The Morgan fingerprint density at radius 3 is 2.56 bits per heavy atom. The Bertz CT molecular complexity index is 874. The molecule has 27 heavy (non-hydrogen) atoms. The molecule has 2 aliphatic heterocycles. The zero-order valence-corrected chi connectivity index (χ0v) is 14.7. The normalized spacial score (nSPS) is 16.2. The van der Waals surface area contributed by atoms with Crippen molar-refractivity contribution in [3.63, 3.8) is 0 Å². The largest absolute Gasteiger partial charge is 0.506 e. The summed E-state index contributed by atoms with van der Waals surface area (Å²) in [4.78, 5) is 26.9. The molecule has 2 aliphatic rings. The number of anilines is 1. The number of amides is 2. The number of piperidine rings is 1. The fourth-order valence-electron chi connectivity index (χ4n) is 3.37. The molecule has 1 saturated heterocycles. The van der Waals surface area contributed by atoms with Gasteiger partial charge in [-0.2, -0.15) is 0 Å². The molecule has 0 saturated carbocycles. The minimum atomic E-state index is -0.189. The van der Waals surface area contributed by atoms with Crippen LogP contribution in [0.1, 0.15) is 23.2 Å². The van der Waals surface area contributed by atoms with Crippen molar-refractivity contribution >= 4 is 17.5 Å². The fourth-order valence-corrected chi connectivity index (χ4v) is 3.37. The molecule has 2 heterocycles. The number of para-hydroxylation sites is 2. The molecule has 0 atom stereocenters. The smallest absolute Gasteiger partial charge is 0.253 e. The molecule has 0 aromatic heterocycles. The summed E-state index contributed by atoms with van der Waals surface area (Å²) in [6.45, 7) is 1.18. The summed E-state index contributed by atoms with van der Waals surface area (Å²) in [7, 11) is 0. The number of carbonyl (C=O) groups is 2.